The van der Waals surface area contributed by atoms with Gasteiger partial charge < -0.3 is 10.4 Å². The lowest BCUT2D eigenvalue weighted by molar-refractivity contribution is -0.0201. The van der Waals surface area contributed by atoms with E-state index in [4.69, 9.17) is 0 Å². The Kier molecular flexibility index (Phi) is 8.09. The van der Waals surface area contributed by atoms with E-state index in [0.717, 1.165) is 25.3 Å². The Bertz CT molecular complexity index is 370. The molecule has 0 radical (unpaired) electrons. The Hall–Kier alpha value is -0.540. The van der Waals surface area contributed by atoms with Gasteiger partial charge in [-0.15, -0.1) is 0 Å². The average molecular weight is 325 g/mol. The predicted octanol–water partition coefficient (Wildman–Crippen LogP) is 4.52. The van der Waals surface area contributed by atoms with Crippen LogP contribution in [0.15, 0.2) is 11.8 Å². The predicted molar refractivity (Wildman–Crippen MR) is 100 cm³/mol. The molecular weight excluding hydrogens is 284 g/mol. The van der Waals surface area contributed by atoms with Crippen molar-refractivity contribution in [2.75, 3.05) is 6.54 Å². The van der Waals surface area contributed by atoms with Gasteiger partial charge in [0.2, 0.25) is 0 Å². The molecule has 2 N–H and O–H groups in total. The largest absolute Gasteiger partial charge is 0.392 e. The number of nitrogens with one attached hydrogen (secondary N) is 1. The molecule has 0 amide bonds. The monoisotopic (exact) mass is 324 g/mol. The van der Waals surface area contributed by atoms with Crippen LogP contribution in [0.4, 0.5) is 0 Å². The molecule has 1 aliphatic carbocycles. The summed E-state index contributed by atoms with van der Waals surface area (Å²) in [5.41, 5.74) is 1.31. The number of rotatable bonds is 11. The fraction of sp³-hybridized carbons (Fsp3) is 0.900. The van der Waals surface area contributed by atoms with Crippen molar-refractivity contribution in [3.05, 3.63) is 11.8 Å². The number of aliphatic hydroxyl groups excluding tert-OH is 1. The van der Waals surface area contributed by atoms with Gasteiger partial charge in [0, 0.05) is 12.6 Å². The molecule has 0 spiro atoms. The molecular formula is C20H40N2O. The van der Waals surface area contributed by atoms with Crippen molar-refractivity contribution >= 4 is 0 Å². The smallest absolute Gasteiger partial charge is 0.0847 e. The first-order chi connectivity index (χ1) is 10.7. The Morgan fingerprint density at radius 1 is 1.30 bits per heavy atom. The topological polar surface area (TPSA) is 35.5 Å². The molecule has 1 rings (SSSR count). The zero-order chi connectivity index (χ0) is 17.6. The van der Waals surface area contributed by atoms with E-state index >= 15 is 0 Å². The van der Waals surface area contributed by atoms with Crippen molar-refractivity contribution in [3.63, 3.8) is 0 Å². The molecule has 0 saturated heterocycles. The van der Waals surface area contributed by atoms with Gasteiger partial charge in [-0.3, -0.25) is 4.90 Å². The Labute approximate surface area is 144 Å². The molecule has 0 aromatic heterocycles. The van der Waals surface area contributed by atoms with E-state index in [1.54, 1.807) is 0 Å². The zero-order valence-electron chi connectivity index (χ0n) is 16.5. The van der Waals surface area contributed by atoms with Gasteiger partial charge in [0.25, 0.3) is 0 Å². The standard InChI is InChI=1S/C20H40N2O/c1-8-9-12-22(19(17(5)23)13-15(2)3)20(6,7)21-14-16(4)18-10-11-18/h14-15,17-19,21,23H,8-13H2,1-7H3/b16-14-/t17-,19+/m0/s1. The highest BCUT2D eigenvalue weighted by molar-refractivity contribution is 5.09. The van der Waals surface area contributed by atoms with E-state index < -0.39 is 0 Å². The number of allylic oxidation sites excluding steroid dienone is 1. The highest BCUT2D eigenvalue weighted by Gasteiger charge is 2.34. The van der Waals surface area contributed by atoms with E-state index in [2.05, 4.69) is 58.0 Å². The lowest BCUT2D eigenvalue weighted by Gasteiger charge is -2.46. The van der Waals surface area contributed by atoms with Crippen molar-refractivity contribution < 1.29 is 5.11 Å². The third-order valence-electron chi connectivity index (χ3n) is 5.02. The van der Waals surface area contributed by atoms with Gasteiger partial charge in [0.15, 0.2) is 0 Å². The maximum Gasteiger partial charge on any atom is 0.0847 e. The summed E-state index contributed by atoms with van der Waals surface area (Å²) in [6, 6.07) is 0.193. The zero-order valence-corrected chi connectivity index (χ0v) is 16.5. The van der Waals surface area contributed by atoms with Gasteiger partial charge in [0.1, 0.15) is 0 Å². The molecule has 1 aliphatic rings. The van der Waals surface area contributed by atoms with Gasteiger partial charge >= 0.3 is 0 Å². The molecule has 0 aromatic rings. The van der Waals surface area contributed by atoms with Crippen LogP contribution >= 0.6 is 0 Å². The minimum Gasteiger partial charge on any atom is -0.392 e. The maximum atomic E-state index is 10.4. The summed E-state index contributed by atoms with van der Waals surface area (Å²) >= 11 is 0. The summed E-state index contributed by atoms with van der Waals surface area (Å²) in [7, 11) is 0. The van der Waals surface area contributed by atoms with E-state index in [1.165, 1.54) is 24.8 Å². The van der Waals surface area contributed by atoms with Crippen LogP contribution in [0.1, 0.15) is 80.6 Å². The second kappa shape index (κ2) is 9.08. The summed E-state index contributed by atoms with van der Waals surface area (Å²) in [5, 5.41) is 14.0. The van der Waals surface area contributed by atoms with Gasteiger partial charge in [0.05, 0.1) is 11.8 Å². The highest BCUT2D eigenvalue weighted by Crippen LogP contribution is 2.36. The molecule has 1 fully saturated rings. The molecule has 0 aromatic carbocycles. The summed E-state index contributed by atoms with van der Waals surface area (Å²) < 4.78 is 0. The normalized spacial score (nSPS) is 19.3. The van der Waals surface area contributed by atoms with Crippen LogP contribution in [0.25, 0.3) is 0 Å². The number of hydrogen-bond donors (Lipinski definition) is 2. The molecule has 136 valence electrons. The SMILES string of the molecule is CCCCN([C@H](CC(C)C)[C@H](C)O)C(C)(C)N/C=C(/C)C1CC1. The van der Waals surface area contributed by atoms with Crippen molar-refractivity contribution in [1.29, 1.82) is 0 Å². The Morgan fingerprint density at radius 3 is 2.35 bits per heavy atom. The average Bonchev–Trinajstić information content (AvgIpc) is 3.27. The molecule has 3 nitrogen and oxygen atoms in total. The Morgan fingerprint density at radius 2 is 1.91 bits per heavy atom. The molecule has 2 atom stereocenters. The maximum absolute atomic E-state index is 10.4. The third-order valence-corrected chi connectivity index (χ3v) is 5.02. The molecule has 0 heterocycles. The molecule has 3 heteroatoms. The first kappa shape index (κ1) is 20.5. The highest BCUT2D eigenvalue weighted by atomic mass is 16.3. The molecule has 0 unspecified atom stereocenters. The fourth-order valence-electron chi connectivity index (χ4n) is 3.29. The quantitative estimate of drug-likeness (QED) is 0.548. The van der Waals surface area contributed by atoms with Crippen LogP contribution in [-0.2, 0) is 0 Å². The minimum atomic E-state index is -0.316. The van der Waals surface area contributed by atoms with E-state index in [0.29, 0.717) is 5.92 Å². The molecule has 0 bridgehead atoms. The number of aliphatic hydroxyl groups is 1. The van der Waals surface area contributed by atoms with Crippen LogP contribution in [0, 0.1) is 11.8 Å². The molecule has 0 aliphatic heterocycles. The Balaban J connectivity index is 2.88. The van der Waals surface area contributed by atoms with E-state index in [9.17, 15) is 5.11 Å². The lowest BCUT2D eigenvalue weighted by Crippen LogP contribution is -2.60. The summed E-state index contributed by atoms with van der Waals surface area (Å²) in [6.45, 7) is 16.4. The number of unbranched alkanes of at least 4 members (excludes halogenated alkanes) is 1. The van der Waals surface area contributed by atoms with Crippen LogP contribution < -0.4 is 5.32 Å². The number of hydrogen-bond acceptors (Lipinski definition) is 3. The fourth-order valence-corrected chi connectivity index (χ4v) is 3.29. The third kappa shape index (κ3) is 6.84. The van der Waals surface area contributed by atoms with Gasteiger partial charge in [-0.25, -0.2) is 0 Å². The first-order valence-corrected chi connectivity index (χ1v) is 9.58. The second-order valence-corrected chi connectivity index (χ2v) is 8.35. The summed E-state index contributed by atoms with van der Waals surface area (Å²) in [5.74, 6) is 1.38. The van der Waals surface area contributed by atoms with Crippen LogP contribution in [0.3, 0.4) is 0 Å². The molecule has 1 saturated carbocycles. The van der Waals surface area contributed by atoms with Gasteiger partial charge in [-0.1, -0.05) is 32.8 Å². The van der Waals surface area contributed by atoms with Crippen LogP contribution in [0.2, 0.25) is 0 Å². The van der Waals surface area contributed by atoms with Crippen LogP contribution in [0.5, 0.6) is 0 Å². The van der Waals surface area contributed by atoms with Crippen LogP contribution in [-0.4, -0.2) is 34.4 Å². The summed E-state index contributed by atoms with van der Waals surface area (Å²) in [6.07, 6.45) is 7.95. The van der Waals surface area contributed by atoms with Gasteiger partial charge in [-0.2, -0.15) is 0 Å². The number of nitrogens with zero attached hydrogens (tertiary/aromatic N) is 1. The van der Waals surface area contributed by atoms with Crippen molar-refractivity contribution in [3.8, 4) is 0 Å². The minimum absolute atomic E-state index is 0.151. The van der Waals surface area contributed by atoms with E-state index in [1.807, 2.05) is 6.92 Å². The van der Waals surface area contributed by atoms with Gasteiger partial charge in [-0.05, 0) is 71.4 Å². The molecule has 23 heavy (non-hydrogen) atoms. The van der Waals surface area contributed by atoms with Crippen molar-refractivity contribution in [1.82, 2.24) is 10.2 Å². The van der Waals surface area contributed by atoms with Crippen molar-refractivity contribution in [2.45, 2.75) is 98.4 Å². The summed E-state index contributed by atoms with van der Waals surface area (Å²) in [4.78, 5) is 2.48. The van der Waals surface area contributed by atoms with Crippen molar-refractivity contribution in [2.24, 2.45) is 11.8 Å². The lowest BCUT2D eigenvalue weighted by atomic mass is 9.95. The second-order valence-electron chi connectivity index (χ2n) is 8.35. The van der Waals surface area contributed by atoms with E-state index in [-0.39, 0.29) is 17.8 Å². The first-order valence-electron chi connectivity index (χ1n) is 9.58.